The molecule has 2 aliphatic rings. The zero-order chi connectivity index (χ0) is 56.6. The third kappa shape index (κ3) is 23.0. The molecule has 6 aromatic rings. The maximum Gasteiger partial charge on any atom is 0.221 e. The van der Waals surface area contributed by atoms with E-state index in [4.69, 9.17) is 36.5 Å². The lowest BCUT2D eigenvalue weighted by molar-refractivity contribution is -0.114. The van der Waals surface area contributed by atoms with Gasteiger partial charge in [0, 0.05) is 116 Å². The predicted molar refractivity (Wildman–Crippen MR) is 313 cm³/mol. The van der Waals surface area contributed by atoms with E-state index in [1.54, 1.807) is 72.8 Å². The lowest BCUT2D eigenvalue weighted by Gasteiger charge is -2.10. The summed E-state index contributed by atoms with van der Waals surface area (Å²) in [5.41, 5.74) is 16.2. The van der Waals surface area contributed by atoms with Crippen LogP contribution in [0.2, 0.25) is 6.82 Å². The van der Waals surface area contributed by atoms with Crippen molar-refractivity contribution in [2.24, 2.45) is 10.9 Å². The smallest absolute Gasteiger partial charge is 0.221 e. The second-order valence-electron chi connectivity index (χ2n) is 16.2. The molecule has 0 saturated heterocycles. The van der Waals surface area contributed by atoms with E-state index >= 15 is 0 Å². The number of rotatable bonds is 11. The van der Waals surface area contributed by atoms with Gasteiger partial charge in [-0.3, -0.25) is 9.79 Å². The van der Waals surface area contributed by atoms with Crippen molar-refractivity contribution >= 4 is 59.0 Å². The summed E-state index contributed by atoms with van der Waals surface area (Å²) in [5.74, 6) is 6.91. The van der Waals surface area contributed by atoms with Crippen LogP contribution in [-0.2, 0) is 4.79 Å². The van der Waals surface area contributed by atoms with Gasteiger partial charge < -0.3 is 67.1 Å². The number of benzene rings is 7. The first-order valence-electron chi connectivity index (χ1n) is 24.7. The van der Waals surface area contributed by atoms with E-state index in [2.05, 4.69) is 56.2 Å². The molecule has 404 valence electrons. The van der Waals surface area contributed by atoms with Gasteiger partial charge in [-0.1, -0.05) is 31.1 Å². The Morgan fingerprint density at radius 1 is 0.605 bits per heavy atom. The molecule has 76 heavy (non-hydrogen) atoms. The highest BCUT2D eigenvalue weighted by atomic mass is 16.6. The number of nitrogens with one attached hydrogen (secondary N) is 5. The molecular weight excluding hydrogens is 962 g/mol. The molecule has 0 unspecified atom stereocenters. The molecule has 0 spiro atoms. The average Bonchev–Trinajstić information content (AvgIpc) is 3.38. The van der Waals surface area contributed by atoms with Crippen LogP contribution < -0.4 is 48.4 Å². The average molecular weight is 1040 g/mol. The van der Waals surface area contributed by atoms with Crippen LogP contribution in [0.4, 0.5) is 34.1 Å². The summed E-state index contributed by atoms with van der Waals surface area (Å²) in [7, 11) is 4.50. The first-order chi connectivity index (χ1) is 36.4. The summed E-state index contributed by atoms with van der Waals surface area (Å²) in [6, 6.07) is 38.6. The zero-order valence-corrected chi connectivity index (χ0v) is 45.3. The van der Waals surface area contributed by atoms with Gasteiger partial charge in [-0.05, 0) is 139 Å². The molecular formula is C58H76BN9O8. The van der Waals surface area contributed by atoms with E-state index in [1.807, 2.05) is 97.0 Å². The minimum Gasteiger partial charge on any atom is -0.508 e. The summed E-state index contributed by atoms with van der Waals surface area (Å²) < 4.78 is 6.01. The number of nitrogens with zero attached hydrogens (tertiary/aromatic N) is 2. The second kappa shape index (κ2) is 34.6. The van der Waals surface area contributed by atoms with Crippen LogP contribution in [0, 0.1) is 20.8 Å². The Labute approximate surface area is 448 Å². The molecule has 2 radical (unpaired) electrons. The highest BCUT2D eigenvalue weighted by Crippen LogP contribution is 2.31. The van der Waals surface area contributed by atoms with Crippen LogP contribution in [0.25, 0.3) is 22.6 Å². The summed E-state index contributed by atoms with van der Waals surface area (Å²) in [5, 5.41) is 61.4. The van der Waals surface area contributed by atoms with Crippen molar-refractivity contribution in [3.63, 3.8) is 0 Å². The van der Waals surface area contributed by atoms with Crippen LogP contribution in [-0.4, -0.2) is 77.0 Å². The van der Waals surface area contributed by atoms with Gasteiger partial charge in [0.15, 0.2) is 22.8 Å². The van der Waals surface area contributed by atoms with Crippen molar-refractivity contribution in [2.75, 3.05) is 65.0 Å². The highest BCUT2D eigenvalue weighted by Gasteiger charge is 2.11. The lowest BCUT2D eigenvalue weighted by Crippen LogP contribution is -2.08. The number of anilines is 6. The molecule has 6 aromatic carbocycles. The van der Waals surface area contributed by atoms with E-state index in [-0.39, 0.29) is 23.2 Å². The highest BCUT2D eigenvalue weighted by molar-refractivity contribution is 6.05. The molecule has 8 rings (SSSR count). The van der Waals surface area contributed by atoms with Gasteiger partial charge in [0.1, 0.15) is 34.2 Å². The van der Waals surface area contributed by atoms with Crippen LogP contribution >= 0.6 is 0 Å². The summed E-state index contributed by atoms with van der Waals surface area (Å²) in [6.07, 6.45) is 0. The van der Waals surface area contributed by atoms with Crippen LogP contribution in [0.15, 0.2) is 143 Å². The first kappa shape index (κ1) is 63.4. The number of amides is 1. The zero-order valence-electron chi connectivity index (χ0n) is 45.3. The van der Waals surface area contributed by atoms with E-state index in [0.717, 1.165) is 100 Å². The molecule has 17 nitrogen and oxygen atoms in total. The number of hydrogen-bond acceptors (Lipinski definition) is 16. The monoisotopic (exact) mass is 1040 g/mol. The number of fused-ring (bicyclic) bond motifs is 2. The Bertz CT molecular complexity index is 3010. The minimum absolute atomic E-state index is 0.0454. The predicted octanol–water partition coefficient (Wildman–Crippen LogP) is 11.5. The van der Waals surface area contributed by atoms with Gasteiger partial charge in [-0.25, -0.2) is 4.98 Å². The van der Waals surface area contributed by atoms with Crippen molar-refractivity contribution < 1.29 is 39.6 Å². The van der Waals surface area contributed by atoms with Gasteiger partial charge in [-0.15, -0.1) is 0 Å². The number of nitrogen functional groups attached to an aromatic ring is 1. The normalized spacial score (nSPS) is 10.0. The summed E-state index contributed by atoms with van der Waals surface area (Å²) in [4.78, 5) is 24.2. The number of phenols is 5. The fraction of sp³-hybridized carbons (Fsp3) is 0.259. The quantitative estimate of drug-likeness (QED) is 0.0248. The van der Waals surface area contributed by atoms with E-state index in [1.165, 1.54) is 25.9 Å². The fourth-order valence-electron chi connectivity index (χ4n) is 6.69. The van der Waals surface area contributed by atoms with Crippen LogP contribution in [0.5, 0.6) is 34.5 Å². The van der Waals surface area contributed by atoms with E-state index in [0.29, 0.717) is 28.6 Å². The number of carbonyl (C=O) groups is 1. The third-order valence-electron chi connectivity index (χ3n) is 10.1. The number of hydrogen-bond donors (Lipinski definition) is 12. The molecule has 0 fully saturated rings. The van der Waals surface area contributed by atoms with Crippen molar-refractivity contribution in [2.45, 2.75) is 69.1 Å². The maximum atomic E-state index is 10.5. The summed E-state index contributed by atoms with van der Waals surface area (Å²) in [6.45, 7) is 23.2. The molecule has 1 aliphatic carbocycles. The van der Waals surface area contributed by atoms with Crippen molar-refractivity contribution in [3.05, 3.63) is 156 Å². The number of carbonyl (C=O) groups excluding carboxylic acids is 1. The Morgan fingerprint density at radius 2 is 1.14 bits per heavy atom. The summed E-state index contributed by atoms with van der Waals surface area (Å²) >= 11 is 0. The van der Waals surface area contributed by atoms with Gasteiger partial charge in [0.25, 0.3) is 0 Å². The fourth-order valence-corrected chi connectivity index (χ4v) is 6.69. The Balaban J connectivity index is 0.000000320. The van der Waals surface area contributed by atoms with Gasteiger partial charge >= 0.3 is 0 Å². The van der Waals surface area contributed by atoms with Crippen molar-refractivity contribution in [3.8, 4) is 46.0 Å². The van der Waals surface area contributed by atoms with Crippen molar-refractivity contribution in [1.29, 1.82) is 0 Å². The largest absolute Gasteiger partial charge is 0.508 e. The molecule has 0 atom stereocenters. The SMILES string of the molecule is CC(=O)Nc1cccc(O)c1.CCN=c1cc2oc3cc(NCC)ccc3nc-2cc1C.CCNc1cc(O)c(ON)cc1C.CCNc1cc(O)ccc1C.CCNc1cccc(O)c1.Nc1cccc(O)c1.[B]C. The number of nitrogens with two attached hydrogens (primary N) is 2. The second-order valence-corrected chi connectivity index (χ2v) is 16.2. The standard InChI is InChI=1S/C17H19N3O.C9H14N2O2.C9H13NO.C8H9NO2.C8H11NO.C6H7NO.CH3B/c1-4-18-12-6-7-13-16(9-12)21-17-10-14(19-5-2)11(3)8-15(17)20-13;1-3-11-7-5-8(12)9(13-10)4-6(7)2;1-3-10-9-6-8(11)5-4-7(9)2;1-6(10)9-7-3-2-4-8(11)5-7;1-2-9-7-4-3-5-8(10)6-7;7-5-2-1-3-6(8)4-5;1-2/h6-10,18H,4-5H2,1-3H3;4-5,11-12H,3,10H2,1-2H3;4-6,10-11H,3H2,1-2H3;2-5,11H,1H3,(H,9,10);3-6,9-10H,2H2,1H3;1-4,8H,7H2;1H3. The molecule has 0 saturated carbocycles. The van der Waals surface area contributed by atoms with Crippen molar-refractivity contribution in [1.82, 2.24) is 4.98 Å². The number of phenolic OH excluding ortho intramolecular Hbond substituents is 5. The van der Waals surface area contributed by atoms with Gasteiger partial charge in [-0.2, -0.15) is 5.90 Å². The van der Waals surface area contributed by atoms with E-state index < -0.39 is 0 Å². The molecule has 14 N–H and O–H groups in total. The molecule has 0 bridgehead atoms. The maximum absolute atomic E-state index is 10.5. The Kier molecular flexibility index (Phi) is 28.9. The Hall–Kier alpha value is -8.77. The minimum atomic E-state index is -0.143. The lowest BCUT2D eigenvalue weighted by atomic mass is 10.1. The van der Waals surface area contributed by atoms with E-state index in [9.17, 15) is 9.90 Å². The molecule has 1 amide bonds. The number of aromatic nitrogens is 1. The first-order valence-corrected chi connectivity index (χ1v) is 24.7. The van der Waals surface area contributed by atoms with Crippen LogP contribution in [0.1, 0.15) is 58.2 Å². The van der Waals surface area contributed by atoms with Gasteiger partial charge in [0.05, 0.1) is 13.2 Å². The number of aromatic hydroxyl groups is 5. The molecule has 0 aromatic heterocycles. The topological polar surface area (TPSA) is 278 Å². The Morgan fingerprint density at radius 3 is 1.67 bits per heavy atom. The third-order valence-corrected chi connectivity index (χ3v) is 10.1. The van der Waals surface area contributed by atoms with Crippen LogP contribution in [0.3, 0.4) is 0 Å². The van der Waals surface area contributed by atoms with Gasteiger partial charge in [0.2, 0.25) is 5.91 Å². The molecule has 1 heterocycles. The molecule has 18 heteroatoms. The number of aryl methyl sites for hydroxylation is 3. The molecule has 1 aliphatic heterocycles.